The highest BCUT2D eigenvalue weighted by atomic mass is 127. The summed E-state index contributed by atoms with van der Waals surface area (Å²) in [5, 5.41) is 10.9. The molecule has 0 radical (unpaired) electrons. The van der Waals surface area contributed by atoms with Gasteiger partial charge in [-0.2, -0.15) is 0 Å². The van der Waals surface area contributed by atoms with Gasteiger partial charge in [0.1, 0.15) is 5.76 Å². The normalized spacial score (nSPS) is 21.7. The maximum Gasteiger partial charge on any atom is 0.191 e. The van der Waals surface area contributed by atoms with Crippen LogP contribution in [0.1, 0.15) is 56.5 Å². The van der Waals surface area contributed by atoms with Crippen molar-refractivity contribution < 1.29 is 4.52 Å². The molecule has 132 valence electrons. The first-order valence-corrected chi connectivity index (χ1v) is 8.56. The number of rotatable bonds is 5. The van der Waals surface area contributed by atoms with E-state index in [9.17, 15) is 0 Å². The highest BCUT2D eigenvalue weighted by Gasteiger charge is 2.18. The highest BCUT2D eigenvalue weighted by molar-refractivity contribution is 14.0. The van der Waals surface area contributed by atoms with Gasteiger partial charge in [-0.15, -0.1) is 24.0 Å². The van der Waals surface area contributed by atoms with Crippen LogP contribution in [-0.4, -0.2) is 30.2 Å². The molecule has 0 atom stereocenters. The molecular formula is C17H31IN4O. The molecule has 0 amide bonds. The third kappa shape index (κ3) is 6.31. The lowest BCUT2D eigenvalue weighted by atomic mass is 9.87. The summed E-state index contributed by atoms with van der Waals surface area (Å²) >= 11 is 0. The summed E-state index contributed by atoms with van der Waals surface area (Å²) in [6.07, 6.45) is 6.00. The largest absolute Gasteiger partial charge is 0.361 e. The molecule has 0 unspecified atom stereocenters. The molecule has 0 aliphatic heterocycles. The summed E-state index contributed by atoms with van der Waals surface area (Å²) in [6.45, 7) is 10.0. The predicted molar refractivity (Wildman–Crippen MR) is 106 cm³/mol. The molecule has 1 aliphatic rings. The minimum Gasteiger partial charge on any atom is -0.361 e. The number of guanidine groups is 1. The summed E-state index contributed by atoms with van der Waals surface area (Å²) in [7, 11) is 0. The molecule has 1 fully saturated rings. The van der Waals surface area contributed by atoms with Crippen LogP contribution in [0.2, 0.25) is 0 Å². The number of nitrogens with one attached hydrogen (secondary N) is 2. The van der Waals surface area contributed by atoms with Gasteiger partial charge in [0.15, 0.2) is 5.96 Å². The molecule has 1 saturated carbocycles. The zero-order valence-corrected chi connectivity index (χ0v) is 17.1. The van der Waals surface area contributed by atoms with E-state index in [-0.39, 0.29) is 24.0 Å². The summed E-state index contributed by atoms with van der Waals surface area (Å²) in [6, 6.07) is 0.563. The van der Waals surface area contributed by atoms with Crippen molar-refractivity contribution in [1.29, 1.82) is 0 Å². The fraction of sp³-hybridized carbons (Fsp3) is 0.765. The molecule has 1 heterocycles. The van der Waals surface area contributed by atoms with Gasteiger partial charge in [0.25, 0.3) is 0 Å². The quantitative estimate of drug-likeness (QED) is 0.423. The van der Waals surface area contributed by atoms with Crippen molar-refractivity contribution in [2.45, 2.75) is 65.8 Å². The van der Waals surface area contributed by atoms with Crippen molar-refractivity contribution in [3.8, 4) is 0 Å². The Labute approximate surface area is 157 Å². The third-order valence-corrected chi connectivity index (χ3v) is 4.51. The van der Waals surface area contributed by atoms with Crippen LogP contribution in [0.3, 0.4) is 0 Å². The molecule has 1 aliphatic carbocycles. The van der Waals surface area contributed by atoms with Crippen molar-refractivity contribution in [2.24, 2.45) is 10.9 Å². The molecule has 23 heavy (non-hydrogen) atoms. The standard InChI is InChI=1S/C17H30N4O.HI/c1-5-18-17(20-15-8-6-12(2)7-9-15)19-11-10-16-13(3)21-22-14(16)4;/h12,15H,5-11H2,1-4H3,(H2,18,19,20);1H. The molecule has 1 aromatic rings. The second-order valence-electron chi connectivity index (χ2n) is 6.41. The Hall–Kier alpha value is -0.790. The van der Waals surface area contributed by atoms with Gasteiger partial charge in [0, 0.05) is 24.7 Å². The monoisotopic (exact) mass is 434 g/mol. The molecule has 2 rings (SSSR count). The van der Waals surface area contributed by atoms with Crippen molar-refractivity contribution in [2.75, 3.05) is 13.1 Å². The van der Waals surface area contributed by atoms with E-state index in [2.05, 4.69) is 29.6 Å². The van der Waals surface area contributed by atoms with Crippen LogP contribution < -0.4 is 10.6 Å². The van der Waals surface area contributed by atoms with Gasteiger partial charge in [0.05, 0.1) is 5.69 Å². The van der Waals surface area contributed by atoms with Crippen molar-refractivity contribution in [1.82, 2.24) is 15.8 Å². The predicted octanol–water partition coefficient (Wildman–Crippen LogP) is 3.59. The van der Waals surface area contributed by atoms with Crippen LogP contribution in [0.15, 0.2) is 9.52 Å². The van der Waals surface area contributed by atoms with Crippen molar-refractivity contribution >= 4 is 29.9 Å². The molecule has 6 heteroatoms. The van der Waals surface area contributed by atoms with E-state index in [1.54, 1.807) is 0 Å². The van der Waals surface area contributed by atoms with E-state index in [0.29, 0.717) is 6.04 Å². The van der Waals surface area contributed by atoms with E-state index >= 15 is 0 Å². The fourth-order valence-corrected chi connectivity index (χ4v) is 3.06. The third-order valence-electron chi connectivity index (χ3n) is 4.51. The zero-order chi connectivity index (χ0) is 15.9. The van der Waals surface area contributed by atoms with E-state index in [4.69, 9.17) is 9.52 Å². The molecule has 0 spiro atoms. The highest BCUT2D eigenvalue weighted by Crippen LogP contribution is 2.23. The summed E-state index contributed by atoms with van der Waals surface area (Å²) in [4.78, 5) is 4.71. The Kier molecular flexibility index (Phi) is 8.94. The summed E-state index contributed by atoms with van der Waals surface area (Å²) in [5.41, 5.74) is 2.16. The Morgan fingerprint density at radius 1 is 1.26 bits per heavy atom. The first-order valence-electron chi connectivity index (χ1n) is 8.56. The summed E-state index contributed by atoms with van der Waals surface area (Å²) in [5.74, 6) is 2.72. The average Bonchev–Trinajstić information content (AvgIpc) is 2.81. The first kappa shape index (κ1) is 20.3. The Balaban J connectivity index is 0.00000264. The van der Waals surface area contributed by atoms with E-state index in [0.717, 1.165) is 42.8 Å². The Bertz CT molecular complexity index is 473. The maximum atomic E-state index is 5.20. The molecular weight excluding hydrogens is 403 g/mol. The molecule has 0 aromatic carbocycles. The van der Waals surface area contributed by atoms with Crippen LogP contribution in [-0.2, 0) is 6.42 Å². The second-order valence-corrected chi connectivity index (χ2v) is 6.41. The SMILES string of the molecule is CCNC(=NCCc1c(C)noc1C)NC1CCC(C)CC1.I. The minimum atomic E-state index is 0. The first-order chi connectivity index (χ1) is 10.6. The number of aryl methyl sites for hydroxylation is 2. The number of nitrogens with zero attached hydrogens (tertiary/aromatic N) is 2. The summed E-state index contributed by atoms with van der Waals surface area (Å²) < 4.78 is 5.20. The number of halogens is 1. The number of aliphatic imine (C=N–C) groups is 1. The molecule has 2 N–H and O–H groups in total. The second kappa shape index (κ2) is 10.2. The van der Waals surface area contributed by atoms with Crippen LogP contribution in [0.4, 0.5) is 0 Å². The van der Waals surface area contributed by atoms with Gasteiger partial charge in [-0.1, -0.05) is 12.1 Å². The lowest BCUT2D eigenvalue weighted by Crippen LogP contribution is -2.44. The minimum absolute atomic E-state index is 0. The smallest absolute Gasteiger partial charge is 0.191 e. The Morgan fingerprint density at radius 2 is 1.96 bits per heavy atom. The van der Waals surface area contributed by atoms with E-state index in [1.165, 1.54) is 31.2 Å². The molecule has 5 nitrogen and oxygen atoms in total. The fourth-order valence-electron chi connectivity index (χ4n) is 3.06. The number of hydrogen-bond acceptors (Lipinski definition) is 3. The van der Waals surface area contributed by atoms with Crippen LogP contribution in [0, 0.1) is 19.8 Å². The zero-order valence-electron chi connectivity index (χ0n) is 14.8. The van der Waals surface area contributed by atoms with Crippen LogP contribution in [0.5, 0.6) is 0 Å². The van der Waals surface area contributed by atoms with Crippen LogP contribution in [0.25, 0.3) is 0 Å². The Morgan fingerprint density at radius 3 is 2.52 bits per heavy atom. The van der Waals surface area contributed by atoms with E-state index < -0.39 is 0 Å². The van der Waals surface area contributed by atoms with Gasteiger partial charge in [0.2, 0.25) is 0 Å². The van der Waals surface area contributed by atoms with Gasteiger partial charge in [-0.25, -0.2) is 0 Å². The lowest BCUT2D eigenvalue weighted by Gasteiger charge is -2.28. The topological polar surface area (TPSA) is 62.5 Å². The number of aromatic nitrogens is 1. The number of hydrogen-bond donors (Lipinski definition) is 2. The van der Waals surface area contributed by atoms with Gasteiger partial charge in [-0.3, -0.25) is 4.99 Å². The lowest BCUT2D eigenvalue weighted by molar-refractivity contribution is 0.329. The molecule has 1 aromatic heterocycles. The molecule has 0 saturated heterocycles. The molecule has 0 bridgehead atoms. The van der Waals surface area contributed by atoms with Gasteiger partial charge in [-0.05, 0) is 58.8 Å². The van der Waals surface area contributed by atoms with Crippen molar-refractivity contribution in [3.05, 3.63) is 17.0 Å². The van der Waals surface area contributed by atoms with E-state index in [1.807, 2.05) is 13.8 Å². The van der Waals surface area contributed by atoms with Crippen molar-refractivity contribution in [3.63, 3.8) is 0 Å². The van der Waals surface area contributed by atoms with Gasteiger partial charge >= 0.3 is 0 Å². The average molecular weight is 434 g/mol. The van der Waals surface area contributed by atoms with Crippen LogP contribution >= 0.6 is 24.0 Å². The van der Waals surface area contributed by atoms with Gasteiger partial charge < -0.3 is 15.2 Å². The maximum absolute atomic E-state index is 5.20.